The molecule has 5 aromatic rings. The van der Waals surface area contributed by atoms with Crippen LogP contribution in [0.25, 0.3) is 10.8 Å². The lowest BCUT2D eigenvalue weighted by atomic mass is 9.92. The molecular formula is C28H22N2O4. The molecule has 0 aliphatic rings. The van der Waals surface area contributed by atoms with Gasteiger partial charge in [0.05, 0.1) is 12.6 Å². The van der Waals surface area contributed by atoms with Gasteiger partial charge in [-0.3, -0.25) is 9.59 Å². The Morgan fingerprint density at radius 1 is 0.882 bits per heavy atom. The summed E-state index contributed by atoms with van der Waals surface area (Å²) >= 11 is 0. The topological polar surface area (TPSA) is 84.5 Å². The highest BCUT2D eigenvalue weighted by Gasteiger charge is 2.24. The number of aromatic hydroxyl groups is 1. The third kappa shape index (κ3) is 4.21. The Bertz CT molecular complexity index is 1520. The van der Waals surface area contributed by atoms with E-state index in [0.717, 1.165) is 16.3 Å². The molecule has 168 valence electrons. The molecule has 0 spiro atoms. The van der Waals surface area contributed by atoms with E-state index in [0.29, 0.717) is 11.3 Å². The van der Waals surface area contributed by atoms with E-state index in [9.17, 15) is 14.7 Å². The maximum Gasteiger partial charge on any atom is 0.287 e. The number of carbonyl (C=O) groups is 1. The molecule has 0 bridgehead atoms. The monoisotopic (exact) mass is 450 g/mol. The molecular weight excluding hydrogens is 428 g/mol. The molecule has 6 nitrogen and oxygen atoms in total. The van der Waals surface area contributed by atoms with Crippen molar-refractivity contribution in [1.29, 1.82) is 0 Å². The van der Waals surface area contributed by atoms with Gasteiger partial charge in [0.1, 0.15) is 11.5 Å². The van der Waals surface area contributed by atoms with Gasteiger partial charge in [-0.15, -0.1) is 0 Å². The Hall–Kier alpha value is -4.58. The molecule has 0 saturated heterocycles. The summed E-state index contributed by atoms with van der Waals surface area (Å²) in [6.07, 6.45) is 1.67. The van der Waals surface area contributed by atoms with Crippen LogP contribution < -0.4 is 10.9 Å². The highest BCUT2D eigenvalue weighted by molar-refractivity contribution is 5.94. The number of pyridine rings is 1. The number of rotatable bonds is 6. The fraction of sp³-hybridized carbons (Fsp3) is 0.0714. The molecule has 1 unspecified atom stereocenters. The van der Waals surface area contributed by atoms with Gasteiger partial charge in [-0.1, -0.05) is 66.7 Å². The predicted octanol–water partition coefficient (Wildman–Crippen LogP) is 4.87. The summed E-state index contributed by atoms with van der Waals surface area (Å²) in [5.41, 5.74) is 1.28. The van der Waals surface area contributed by atoms with Crippen LogP contribution in [0, 0.1) is 0 Å². The summed E-state index contributed by atoms with van der Waals surface area (Å²) in [5, 5.41) is 15.6. The molecule has 1 amide bonds. The van der Waals surface area contributed by atoms with Crippen LogP contribution in [0.15, 0.2) is 112 Å². The van der Waals surface area contributed by atoms with Gasteiger partial charge in [0.25, 0.3) is 11.5 Å². The first-order valence-corrected chi connectivity index (χ1v) is 10.9. The Kier molecular flexibility index (Phi) is 5.70. The number of aromatic nitrogens is 1. The van der Waals surface area contributed by atoms with Gasteiger partial charge in [-0.2, -0.15) is 0 Å². The number of phenolic OH excluding ortho intramolecular Hbond substituents is 1. The average molecular weight is 450 g/mol. The smallest absolute Gasteiger partial charge is 0.287 e. The highest BCUT2D eigenvalue weighted by Crippen LogP contribution is 2.36. The van der Waals surface area contributed by atoms with Gasteiger partial charge in [0, 0.05) is 17.8 Å². The van der Waals surface area contributed by atoms with Crippen molar-refractivity contribution in [2.24, 2.45) is 0 Å². The van der Waals surface area contributed by atoms with E-state index in [-0.39, 0.29) is 23.6 Å². The van der Waals surface area contributed by atoms with Crippen molar-refractivity contribution in [2.75, 3.05) is 0 Å². The number of carbonyl (C=O) groups excluding carboxylic acids is 1. The second kappa shape index (κ2) is 9.11. The van der Waals surface area contributed by atoms with Crippen molar-refractivity contribution in [2.45, 2.75) is 12.6 Å². The number of hydrogen-bond acceptors (Lipinski definition) is 4. The van der Waals surface area contributed by atoms with Crippen LogP contribution in [0.1, 0.15) is 33.5 Å². The molecule has 0 saturated carbocycles. The first-order valence-electron chi connectivity index (χ1n) is 10.9. The second-order valence-corrected chi connectivity index (χ2v) is 7.97. The minimum Gasteiger partial charge on any atom is -0.508 e. The van der Waals surface area contributed by atoms with Crippen LogP contribution in [-0.4, -0.2) is 15.6 Å². The first-order chi connectivity index (χ1) is 16.6. The third-order valence-electron chi connectivity index (χ3n) is 5.76. The fourth-order valence-corrected chi connectivity index (χ4v) is 4.10. The van der Waals surface area contributed by atoms with Crippen LogP contribution in [0.4, 0.5) is 0 Å². The normalized spacial score (nSPS) is 11.9. The Morgan fingerprint density at radius 3 is 2.47 bits per heavy atom. The maximum absolute atomic E-state index is 13.2. The zero-order valence-electron chi connectivity index (χ0n) is 18.2. The summed E-state index contributed by atoms with van der Waals surface area (Å²) in [4.78, 5) is 25.2. The van der Waals surface area contributed by atoms with E-state index in [2.05, 4.69) is 5.32 Å². The summed E-state index contributed by atoms with van der Waals surface area (Å²) in [6.45, 7) is 0.221. The number of nitrogens with zero attached hydrogens (tertiary/aromatic N) is 1. The Morgan fingerprint density at radius 2 is 1.65 bits per heavy atom. The van der Waals surface area contributed by atoms with Crippen LogP contribution in [0.3, 0.4) is 0 Å². The molecule has 3 aromatic carbocycles. The summed E-state index contributed by atoms with van der Waals surface area (Å²) in [6, 6.07) is 28.3. The van der Waals surface area contributed by atoms with E-state index in [4.69, 9.17) is 4.42 Å². The number of furan rings is 1. The van der Waals surface area contributed by atoms with Gasteiger partial charge in [0.2, 0.25) is 0 Å². The van der Waals surface area contributed by atoms with E-state index in [1.807, 2.05) is 60.7 Å². The standard InChI is InChI=1S/C28H22N2O4/c31-23-15-13-19-8-4-5-11-22(19)26(23)27(20-9-2-1-3-10-20)29-28(33)24-16-14-21(34-24)18-30-17-7-6-12-25(30)32/h1-17,27,31H,18H2,(H,29,33). The lowest BCUT2D eigenvalue weighted by molar-refractivity contribution is 0.0913. The number of phenols is 1. The van der Waals surface area contributed by atoms with Crippen molar-refractivity contribution >= 4 is 16.7 Å². The Balaban J connectivity index is 1.49. The number of fused-ring (bicyclic) bond motifs is 1. The number of hydrogen-bond donors (Lipinski definition) is 2. The molecule has 0 fully saturated rings. The summed E-state index contributed by atoms with van der Waals surface area (Å²) in [5.74, 6) is 0.284. The molecule has 6 heteroatoms. The van der Waals surface area contributed by atoms with Crippen molar-refractivity contribution in [3.05, 3.63) is 136 Å². The largest absolute Gasteiger partial charge is 0.508 e. The number of nitrogens with one attached hydrogen (secondary N) is 1. The average Bonchev–Trinajstić information content (AvgIpc) is 3.33. The second-order valence-electron chi connectivity index (χ2n) is 7.97. The van der Waals surface area contributed by atoms with Crippen LogP contribution >= 0.6 is 0 Å². The molecule has 2 aromatic heterocycles. The van der Waals surface area contributed by atoms with E-state index >= 15 is 0 Å². The lowest BCUT2D eigenvalue weighted by Crippen LogP contribution is -2.29. The van der Waals surface area contributed by atoms with Crippen LogP contribution in [0.2, 0.25) is 0 Å². The van der Waals surface area contributed by atoms with Gasteiger partial charge in [0.15, 0.2) is 5.76 Å². The highest BCUT2D eigenvalue weighted by atomic mass is 16.4. The van der Waals surface area contributed by atoms with E-state index in [1.165, 1.54) is 10.6 Å². The van der Waals surface area contributed by atoms with Gasteiger partial charge in [-0.25, -0.2) is 0 Å². The molecule has 0 aliphatic carbocycles. The zero-order chi connectivity index (χ0) is 23.5. The maximum atomic E-state index is 13.2. The number of amides is 1. The minimum atomic E-state index is -0.606. The fourth-order valence-electron chi connectivity index (χ4n) is 4.10. The van der Waals surface area contributed by atoms with E-state index in [1.54, 1.807) is 36.5 Å². The summed E-state index contributed by atoms with van der Waals surface area (Å²) in [7, 11) is 0. The molecule has 1 atom stereocenters. The lowest BCUT2D eigenvalue weighted by Gasteiger charge is -2.22. The minimum absolute atomic E-state index is 0.0939. The quantitative estimate of drug-likeness (QED) is 0.387. The van der Waals surface area contributed by atoms with Crippen molar-refractivity contribution < 1.29 is 14.3 Å². The molecule has 0 aliphatic heterocycles. The van der Waals surface area contributed by atoms with Crippen molar-refractivity contribution in [3.8, 4) is 5.75 Å². The van der Waals surface area contributed by atoms with Crippen LogP contribution in [-0.2, 0) is 6.54 Å². The molecule has 34 heavy (non-hydrogen) atoms. The number of benzene rings is 3. The Labute approximate surface area is 195 Å². The molecule has 0 radical (unpaired) electrons. The van der Waals surface area contributed by atoms with Gasteiger partial charge >= 0.3 is 0 Å². The van der Waals surface area contributed by atoms with Crippen LogP contribution in [0.5, 0.6) is 5.75 Å². The SMILES string of the molecule is O=C(NC(c1ccccc1)c1c(O)ccc2ccccc12)c1ccc(Cn2ccccc2=O)o1. The molecule has 5 rings (SSSR count). The van der Waals surface area contributed by atoms with Crippen molar-refractivity contribution in [3.63, 3.8) is 0 Å². The third-order valence-corrected chi connectivity index (χ3v) is 5.76. The summed E-state index contributed by atoms with van der Waals surface area (Å²) < 4.78 is 7.26. The molecule has 2 N–H and O–H groups in total. The van der Waals surface area contributed by atoms with Crippen molar-refractivity contribution in [1.82, 2.24) is 9.88 Å². The molecule has 2 heterocycles. The predicted molar refractivity (Wildman–Crippen MR) is 130 cm³/mol. The first kappa shape index (κ1) is 21.3. The van der Waals surface area contributed by atoms with Gasteiger partial charge < -0.3 is 19.4 Å². The van der Waals surface area contributed by atoms with E-state index < -0.39 is 11.9 Å². The zero-order valence-corrected chi connectivity index (χ0v) is 18.2. The van der Waals surface area contributed by atoms with Gasteiger partial charge in [-0.05, 0) is 40.6 Å².